The monoisotopic (exact) mass is 275 g/mol. The fourth-order valence-electron chi connectivity index (χ4n) is 2.40. The second-order valence-corrected chi connectivity index (χ2v) is 5.28. The van der Waals surface area contributed by atoms with Crippen molar-refractivity contribution in [3.63, 3.8) is 0 Å². The van der Waals surface area contributed by atoms with Crippen LogP contribution in [0.2, 0.25) is 5.02 Å². The summed E-state index contributed by atoms with van der Waals surface area (Å²) >= 11 is 5.86. The Hall–Kier alpha value is -1.68. The van der Waals surface area contributed by atoms with E-state index in [1.165, 1.54) is 0 Å². The van der Waals surface area contributed by atoms with Gasteiger partial charge in [0.1, 0.15) is 11.5 Å². The van der Waals surface area contributed by atoms with Crippen molar-refractivity contribution >= 4 is 17.4 Å². The van der Waals surface area contributed by atoms with Crippen molar-refractivity contribution in [2.75, 3.05) is 0 Å². The van der Waals surface area contributed by atoms with Gasteiger partial charge in [-0.15, -0.1) is 0 Å². The molecule has 1 aliphatic rings. The van der Waals surface area contributed by atoms with E-state index in [-0.39, 0.29) is 6.04 Å². The molecule has 1 fully saturated rings. The highest BCUT2D eigenvalue weighted by Gasteiger charge is 2.22. The van der Waals surface area contributed by atoms with Gasteiger partial charge in [-0.1, -0.05) is 23.7 Å². The average Bonchev–Trinajstić information content (AvgIpc) is 2.89. The highest BCUT2D eigenvalue weighted by atomic mass is 35.5. The lowest BCUT2D eigenvalue weighted by Gasteiger charge is -2.19. The third-order valence-corrected chi connectivity index (χ3v) is 3.68. The zero-order chi connectivity index (χ0) is 13.2. The molecule has 0 amide bonds. The van der Waals surface area contributed by atoms with Crippen LogP contribution in [0, 0.1) is 0 Å². The van der Waals surface area contributed by atoms with E-state index in [0.717, 1.165) is 24.1 Å². The lowest BCUT2D eigenvalue weighted by molar-refractivity contribution is -0.121. The number of hydrogen-bond donors (Lipinski definition) is 0. The number of nitrogens with zero attached hydrogens (tertiary/aromatic N) is 3. The van der Waals surface area contributed by atoms with E-state index in [9.17, 15) is 4.79 Å². The predicted molar refractivity (Wildman–Crippen MR) is 73.0 cm³/mol. The van der Waals surface area contributed by atoms with Crippen molar-refractivity contribution in [2.24, 2.45) is 0 Å². The van der Waals surface area contributed by atoms with E-state index in [1.54, 1.807) is 11.0 Å². The van der Waals surface area contributed by atoms with Crippen molar-refractivity contribution in [3.8, 4) is 11.3 Å². The highest BCUT2D eigenvalue weighted by molar-refractivity contribution is 6.30. The Morgan fingerprint density at radius 3 is 2.79 bits per heavy atom. The van der Waals surface area contributed by atoms with E-state index in [1.807, 2.05) is 24.3 Å². The quantitative estimate of drug-likeness (QED) is 0.845. The molecule has 0 saturated heterocycles. The Kier molecular flexibility index (Phi) is 3.34. The van der Waals surface area contributed by atoms with Gasteiger partial charge in [0.25, 0.3) is 0 Å². The fourth-order valence-corrected chi connectivity index (χ4v) is 2.53. The van der Waals surface area contributed by atoms with Crippen LogP contribution in [0.25, 0.3) is 11.3 Å². The SMILES string of the molecule is O=C1CCCC(n2ncc(-c3ccc(Cl)cc3)n2)C1. The van der Waals surface area contributed by atoms with Gasteiger partial charge in [0, 0.05) is 23.4 Å². The minimum atomic E-state index is 0.113. The number of ketones is 1. The van der Waals surface area contributed by atoms with Gasteiger partial charge < -0.3 is 0 Å². The van der Waals surface area contributed by atoms with Crippen LogP contribution < -0.4 is 0 Å². The maximum atomic E-state index is 11.5. The molecule has 3 rings (SSSR count). The zero-order valence-electron chi connectivity index (χ0n) is 10.4. The van der Waals surface area contributed by atoms with Crippen LogP contribution in [0.15, 0.2) is 30.5 Å². The number of halogens is 1. The highest BCUT2D eigenvalue weighted by Crippen LogP contribution is 2.26. The molecular weight excluding hydrogens is 262 g/mol. The average molecular weight is 276 g/mol. The standard InChI is InChI=1S/C14H14ClN3O/c15-11-6-4-10(5-7-11)14-9-16-18(17-14)12-2-1-3-13(19)8-12/h4-7,9,12H,1-3,8H2. The molecule has 0 radical (unpaired) electrons. The molecule has 1 atom stereocenters. The van der Waals surface area contributed by atoms with E-state index in [2.05, 4.69) is 10.2 Å². The van der Waals surface area contributed by atoms with E-state index in [0.29, 0.717) is 23.6 Å². The number of carbonyl (C=O) groups is 1. The molecule has 19 heavy (non-hydrogen) atoms. The molecule has 1 aromatic carbocycles. The molecule has 0 aliphatic heterocycles. The number of rotatable bonds is 2. The van der Waals surface area contributed by atoms with E-state index >= 15 is 0 Å². The Morgan fingerprint density at radius 1 is 1.26 bits per heavy atom. The van der Waals surface area contributed by atoms with Crippen molar-refractivity contribution in [3.05, 3.63) is 35.5 Å². The molecule has 0 bridgehead atoms. The van der Waals surface area contributed by atoms with Gasteiger partial charge in [0.2, 0.25) is 0 Å². The molecule has 1 heterocycles. The van der Waals surface area contributed by atoms with Crippen molar-refractivity contribution in [1.82, 2.24) is 15.0 Å². The van der Waals surface area contributed by atoms with Crippen molar-refractivity contribution in [2.45, 2.75) is 31.7 Å². The summed E-state index contributed by atoms with van der Waals surface area (Å²) in [5, 5.41) is 9.47. The number of Topliss-reactive ketones (excluding diaryl/α,β-unsaturated/α-hetero) is 1. The molecule has 0 spiro atoms. The van der Waals surface area contributed by atoms with Crippen LogP contribution in [-0.4, -0.2) is 20.8 Å². The fraction of sp³-hybridized carbons (Fsp3) is 0.357. The van der Waals surface area contributed by atoms with Crippen LogP contribution in [-0.2, 0) is 4.79 Å². The third kappa shape index (κ3) is 2.68. The number of carbonyl (C=O) groups excluding carboxylic acids is 1. The minimum Gasteiger partial charge on any atom is -0.300 e. The summed E-state index contributed by atoms with van der Waals surface area (Å²) < 4.78 is 0. The van der Waals surface area contributed by atoms with E-state index < -0.39 is 0 Å². The Bertz CT molecular complexity index is 591. The van der Waals surface area contributed by atoms with Crippen LogP contribution in [0.1, 0.15) is 31.7 Å². The Morgan fingerprint density at radius 2 is 2.05 bits per heavy atom. The Labute approximate surface area is 116 Å². The van der Waals surface area contributed by atoms with Gasteiger partial charge in [-0.2, -0.15) is 15.0 Å². The predicted octanol–water partition coefficient (Wildman–Crippen LogP) is 3.28. The smallest absolute Gasteiger partial charge is 0.135 e. The summed E-state index contributed by atoms with van der Waals surface area (Å²) in [6.07, 6.45) is 4.89. The first-order chi connectivity index (χ1) is 9.22. The summed E-state index contributed by atoms with van der Waals surface area (Å²) in [6, 6.07) is 7.62. The largest absolute Gasteiger partial charge is 0.300 e. The maximum absolute atomic E-state index is 11.5. The number of aromatic nitrogens is 3. The lowest BCUT2D eigenvalue weighted by Crippen LogP contribution is -2.20. The summed E-state index contributed by atoms with van der Waals surface area (Å²) in [4.78, 5) is 13.2. The van der Waals surface area contributed by atoms with Crippen LogP contribution in [0.4, 0.5) is 0 Å². The number of hydrogen-bond acceptors (Lipinski definition) is 3. The van der Waals surface area contributed by atoms with Gasteiger partial charge in [0.15, 0.2) is 0 Å². The zero-order valence-corrected chi connectivity index (χ0v) is 11.2. The van der Waals surface area contributed by atoms with Crippen LogP contribution >= 0.6 is 11.6 Å². The molecular formula is C14H14ClN3O. The van der Waals surface area contributed by atoms with Gasteiger partial charge in [0.05, 0.1) is 12.2 Å². The second kappa shape index (κ2) is 5.13. The summed E-state index contributed by atoms with van der Waals surface area (Å²) in [5.74, 6) is 0.307. The Balaban J connectivity index is 1.82. The molecule has 1 aliphatic carbocycles. The second-order valence-electron chi connectivity index (χ2n) is 4.85. The minimum absolute atomic E-state index is 0.113. The topological polar surface area (TPSA) is 47.8 Å². The van der Waals surface area contributed by atoms with Crippen molar-refractivity contribution in [1.29, 1.82) is 0 Å². The van der Waals surface area contributed by atoms with E-state index in [4.69, 9.17) is 11.6 Å². The normalized spacial score (nSPS) is 19.6. The van der Waals surface area contributed by atoms with Gasteiger partial charge >= 0.3 is 0 Å². The van der Waals surface area contributed by atoms with Crippen molar-refractivity contribution < 1.29 is 4.79 Å². The third-order valence-electron chi connectivity index (χ3n) is 3.43. The molecule has 5 heteroatoms. The van der Waals surface area contributed by atoms with Crippen LogP contribution in [0.5, 0.6) is 0 Å². The lowest BCUT2D eigenvalue weighted by atomic mass is 9.95. The summed E-state index contributed by atoms with van der Waals surface area (Å²) in [6.45, 7) is 0. The first-order valence-corrected chi connectivity index (χ1v) is 6.79. The molecule has 4 nitrogen and oxygen atoms in total. The van der Waals surface area contributed by atoms with Gasteiger partial charge in [-0.05, 0) is 25.0 Å². The molecule has 1 unspecified atom stereocenters. The van der Waals surface area contributed by atoms with Crippen LogP contribution in [0.3, 0.4) is 0 Å². The molecule has 2 aromatic rings. The van der Waals surface area contributed by atoms with Gasteiger partial charge in [-0.3, -0.25) is 4.79 Å². The first-order valence-electron chi connectivity index (χ1n) is 6.42. The van der Waals surface area contributed by atoms with Gasteiger partial charge in [-0.25, -0.2) is 0 Å². The first kappa shape index (κ1) is 12.4. The number of benzene rings is 1. The molecule has 1 aromatic heterocycles. The molecule has 1 saturated carbocycles. The summed E-state index contributed by atoms with van der Waals surface area (Å²) in [5.41, 5.74) is 1.80. The molecule has 0 N–H and O–H groups in total. The molecule has 98 valence electrons. The summed E-state index contributed by atoms with van der Waals surface area (Å²) in [7, 11) is 0. The maximum Gasteiger partial charge on any atom is 0.135 e.